The van der Waals surface area contributed by atoms with E-state index in [1.54, 1.807) is 28.0 Å². The van der Waals surface area contributed by atoms with Crippen LogP contribution < -0.4 is 0 Å². The van der Waals surface area contributed by atoms with Crippen LogP contribution in [-0.4, -0.2) is 43.3 Å². The minimum absolute atomic E-state index is 0.105. The number of nitrogens with zero attached hydrogens (tertiary/aromatic N) is 6. The van der Waals surface area contributed by atoms with Gasteiger partial charge in [-0.1, -0.05) is 17.8 Å². The number of nitriles is 1. The van der Waals surface area contributed by atoms with Gasteiger partial charge in [-0.2, -0.15) is 9.94 Å². The van der Waals surface area contributed by atoms with Gasteiger partial charge in [0.15, 0.2) is 0 Å². The lowest BCUT2D eigenvalue weighted by Crippen LogP contribution is -2.32. The zero-order valence-electron chi connectivity index (χ0n) is 15.7. The summed E-state index contributed by atoms with van der Waals surface area (Å²) in [6.45, 7) is 4.70. The molecule has 2 aromatic heterocycles. The average Bonchev–Trinajstić information content (AvgIpc) is 3.34. The molecule has 0 atom stereocenters. The van der Waals surface area contributed by atoms with Crippen LogP contribution in [0.4, 0.5) is 0 Å². The predicted octanol–water partition coefficient (Wildman–Crippen LogP) is 2.91. The van der Waals surface area contributed by atoms with Crippen LogP contribution in [0.1, 0.15) is 23.3 Å². The van der Waals surface area contributed by atoms with Gasteiger partial charge in [-0.15, -0.1) is 5.10 Å². The molecule has 1 amide bonds. The van der Waals surface area contributed by atoms with Crippen molar-refractivity contribution in [3.05, 3.63) is 53.5 Å². The molecular formula is C19H20N6O2S. The molecule has 0 N–H and O–H groups in total. The molecular weight excluding hydrogens is 376 g/mol. The highest BCUT2D eigenvalue weighted by Gasteiger charge is 2.18. The Morgan fingerprint density at radius 2 is 2.11 bits per heavy atom. The van der Waals surface area contributed by atoms with Gasteiger partial charge in [0, 0.05) is 6.54 Å². The summed E-state index contributed by atoms with van der Waals surface area (Å²) in [5.41, 5.74) is 3.08. The van der Waals surface area contributed by atoms with Crippen molar-refractivity contribution in [1.82, 2.24) is 25.1 Å². The summed E-state index contributed by atoms with van der Waals surface area (Å²) < 4.78 is 6.95. The van der Waals surface area contributed by atoms with Gasteiger partial charge in [0.05, 0.1) is 36.7 Å². The standard InChI is InChI=1S/C19H20N6O2S/c1-14-9-15(2)11-16(10-14)25-19(21-22-23-25)28-13-18(26)24(7-4-6-20)12-17-5-3-8-27-17/h3,5,8-11H,4,7,12-13H2,1-2H3. The third-order valence-electron chi connectivity index (χ3n) is 3.99. The summed E-state index contributed by atoms with van der Waals surface area (Å²) in [4.78, 5) is 14.3. The van der Waals surface area contributed by atoms with Gasteiger partial charge in [0.2, 0.25) is 11.1 Å². The fourth-order valence-corrected chi connectivity index (χ4v) is 3.58. The number of aromatic nitrogens is 4. The number of rotatable bonds is 8. The van der Waals surface area contributed by atoms with Crippen LogP contribution in [0.2, 0.25) is 0 Å². The molecule has 8 nitrogen and oxygen atoms in total. The van der Waals surface area contributed by atoms with Crippen LogP contribution >= 0.6 is 11.8 Å². The first-order chi connectivity index (χ1) is 13.6. The molecule has 0 unspecified atom stereocenters. The van der Waals surface area contributed by atoms with Crippen molar-refractivity contribution < 1.29 is 9.21 Å². The van der Waals surface area contributed by atoms with E-state index < -0.39 is 0 Å². The number of carbonyl (C=O) groups is 1. The second kappa shape index (κ2) is 9.19. The molecule has 0 bridgehead atoms. The molecule has 9 heteroatoms. The summed E-state index contributed by atoms with van der Waals surface area (Å²) in [5.74, 6) is 0.736. The van der Waals surface area contributed by atoms with Crippen LogP contribution in [-0.2, 0) is 11.3 Å². The Kier molecular flexibility index (Phi) is 6.45. The lowest BCUT2D eigenvalue weighted by atomic mass is 10.1. The van der Waals surface area contributed by atoms with Crippen molar-refractivity contribution in [2.75, 3.05) is 12.3 Å². The fourth-order valence-electron chi connectivity index (χ4n) is 2.79. The fraction of sp³-hybridized carbons (Fsp3) is 0.316. The second-order valence-corrected chi connectivity index (χ2v) is 7.25. The van der Waals surface area contributed by atoms with E-state index in [-0.39, 0.29) is 18.1 Å². The van der Waals surface area contributed by atoms with E-state index >= 15 is 0 Å². The zero-order valence-corrected chi connectivity index (χ0v) is 16.5. The number of carbonyl (C=O) groups excluding carboxylic acids is 1. The Morgan fingerprint density at radius 3 is 2.79 bits per heavy atom. The SMILES string of the molecule is Cc1cc(C)cc(-n2nnnc2SCC(=O)N(CCC#N)Cc2ccco2)c1. The van der Waals surface area contributed by atoms with Crippen LogP contribution in [0.15, 0.2) is 46.2 Å². The van der Waals surface area contributed by atoms with E-state index in [2.05, 4.69) is 27.7 Å². The largest absolute Gasteiger partial charge is 0.467 e. The van der Waals surface area contributed by atoms with E-state index in [9.17, 15) is 4.79 Å². The Balaban J connectivity index is 1.69. The smallest absolute Gasteiger partial charge is 0.233 e. The Hall–Kier alpha value is -3.12. The lowest BCUT2D eigenvalue weighted by Gasteiger charge is -2.20. The Labute approximate surface area is 167 Å². The molecule has 144 valence electrons. The highest BCUT2D eigenvalue weighted by Crippen LogP contribution is 2.21. The van der Waals surface area contributed by atoms with Crippen LogP contribution in [0.25, 0.3) is 5.69 Å². The maximum atomic E-state index is 12.7. The number of thioether (sulfide) groups is 1. The maximum absolute atomic E-state index is 12.7. The van der Waals surface area contributed by atoms with Gasteiger partial charge in [-0.25, -0.2) is 0 Å². The van der Waals surface area contributed by atoms with Crippen molar-refractivity contribution >= 4 is 17.7 Å². The molecule has 28 heavy (non-hydrogen) atoms. The number of amides is 1. The van der Waals surface area contributed by atoms with Crippen molar-refractivity contribution in [3.8, 4) is 11.8 Å². The van der Waals surface area contributed by atoms with E-state index in [1.807, 2.05) is 26.0 Å². The van der Waals surface area contributed by atoms with Crippen LogP contribution in [0.5, 0.6) is 0 Å². The summed E-state index contributed by atoms with van der Waals surface area (Å²) >= 11 is 1.26. The molecule has 3 rings (SSSR count). The number of aryl methyl sites for hydroxylation is 2. The molecule has 2 heterocycles. The molecule has 0 saturated carbocycles. The minimum Gasteiger partial charge on any atom is -0.467 e. The van der Waals surface area contributed by atoms with Crippen LogP contribution in [0, 0.1) is 25.2 Å². The zero-order chi connectivity index (χ0) is 19.9. The van der Waals surface area contributed by atoms with Gasteiger partial charge < -0.3 is 9.32 Å². The summed E-state index contributed by atoms with van der Waals surface area (Å²) in [7, 11) is 0. The Morgan fingerprint density at radius 1 is 1.32 bits per heavy atom. The second-order valence-electron chi connectivity index (χ2n) is 6.31. The first-order valence-electron chi connectivity index (χ1n) is 8.74. The highest BCUT2D eigenvalue weighted by molar-refractivity contribution is 7.99. The topological polar surface area (TPSA) is 101 Å². The third-order valence-corrected chi connectivity index (χ3v) is 4.89. The summed E-state index contributed by atoms with van der Waals surface area (Å²) in [6, 6.07) is 11.7. The normalized spacial score (nSPS) is 10.6. The molecule has 0 fully saturated rings. The highest BCUT2D eigenvalue weighted by atomic mass is 32.2. The third kappa shape index (κ3) is 4.98. The monoisotopic (exact) mass is 396 g/mol. The van der Waals surface area contributed by atoms with Gasteiger partial charge in [0.25, 0.3) is 0 Å². The first-order valence-corrected chi connectivity index (χ1v) is 9.72. The van der Waals surface area contributed by atoms with E-state index in [0.717, 1.165) is 16.8 Å². The number of tetrazole rings is 1. The molecule has 0 saturated heterocycles. The number of hydrogen-bond acceptors (Lipinski definition) is 7. The van der Waals surface area contributed by atoms with Crippen molar-refractivity contribution in [2.24, 2.45) is 0 Å². The lowest BCUT2D eigenvalue weighted by molar-refractivity contribution is -0.129. The average molecular weight is 396 g/mol. The Bertz CT molecular complexity index is 956. The number of furan rings is 1. The minimum atomic E-state index is -0.105. The summed E-state index contributed by atoms with van der Waals surface area (Å²) in [5, 5.41) is 21.3. The molecule has 0 radical (unpaired) electrons. The predicted molar refractivity (Wildman–Crippen MR) is 104 cm³/mol. The molecule has 1 aromatic carbocycles. The quantitative estimate of drug-likeness (QED) is 0.540. The first kappa shape index (κ1) is 19.6. The van der Waals surface area contributed by atoms with Crippen molar-refractivity contribution in [3.63, 3.8) is 0 Å². The maximum Gasteiger partial charge on any atom is 0.233 e. The van der Waals surface area contributed by atoms with Gasteiger partial charge in [-0.05, 0) is 59.7 Å². The molecule has 0 aliphatic carbocycles. The molecule has 0 aliphatic heterocycles. The summed E-state index contributed by atoms with van der Waals surface area (Å²) in [6.07, 6.45) is 1.83. The van der Waals surface area contributed by atoms with E-state index in [1.165, 1.54) is 11.8 Å². The number of hydrogen-bond donors (Lipinski definition) is 0. The van der Waals surface area contributed by atoms with Crippen molar-refractivity contribution in [2.45, 2.75) is 32.0 Å². The van der Waals surface area contributed by atoms with E-state index in [0.29, 0.717) is 24.0 Å². The van der Waals surface area contributed by atoms with Gasteiger partial charge >= 0.3 is 0 Å². The van der Waals surface area contributed by atoms with Crippen LogP contribution in [0.3, 0.4) is 0 Å². The molecule has 0 spiro atoms. The molecule has 0 aliphatic rings. The van der Waals surface area contributed by atoms with Gasteiger partial charge in [0.1, 0.15) is 5.76 Å². The van der Waals surface area contributed by atoms with E-state index in [4.69, 9.17) is 9.68 Å². The number of benzene rings is 1. The van der Waals surface area contributed by atoms with Crippen molar-refractivity contribution in [1.29, 1.82) is 5.26 Å². The van der Waals surface area contributed by atoms with Gasteiger partial charge in [-0.3, -0.25) is 4.79 Å². The molecule has 3 aromatic rings.